The van der Waals surface area contributed by atoms with Crippen molar-refractivity contribution in [3.8, 4) is 0 Å². The van der Waals surface area contributed by atoms with E-state index in [9.17, 15) is 9.59 Å². The summed E-state index contributed by atoms with van der Waals surface area (Å²) < 4.78 is 0. The summed E-state index contributed by atoms with van der Waals surface area (Å²) >= 11 is 1.73. The zero-order valence-corrected chi connectivity index (χ0v) is 21.7. The number of nitrogens with zero attached hydrogens (tertiary/aromatic N) is 1. The predicted molar refractivity (Wildman–Crippen MR) is 135 cm³/mol. The Balaban J connectivity index is 2.10. The van der Waals surface area contributed by atoms with Crippen molar-refractivity contribution >= 4 is 23.5 Å². The van der Waals surface area contributed by atoms with Gasteiger partial charge in [-0.25, -0.2) is 0 Å². The largest absolute Gasteiger partial charge is 0.392 e. The molecule has 1 atom stereocenters. The van der Waals surface area contributed by atoms with E-state index in [1.807, 2.05) is 32.4 Å². The molecule has 0 aliphatic heterocycles. The Bertz CT molecular complexity index is 845. The third kappa shape index (κ3) is 6.55. The molecule has 0 radical (unpaired) electrons. The molecule has 5 nitrogen and oxygen atoms in total. The summed E-state index contributed by atoms with van der Waals surface area (Å²) in [5.74, 6) is 1.11. The molecule has 1 amide bonds. The van der Waals surface area contributed by atoms with Gasteiger partial charge in [0.2, 0.25) is 0 Å². The van der Waals surface area contributed by atoms with Crippen LogP contribution in [0.15, 0.2) is 28.3 Å². The van der Waals surface area contributed by atoms with Crippen molar-refractivity contribution in [3.05, 3.63) is 44.3 Å². The highest BCUT2D eigenvalue weighted by molar-refractivity contribution is 7.10. The molecule has 2 N–H and O–H groups in total. The molecule has 178 valence electrons. The lowest BCUT2D eigenvalue weighted by Crippen LogP contribution is -2.33. The number of thiophene rings is 1. The second kappa shape index (κ2) is 12.4. The van der Waals surface area contributed by atoms with Crippen molar-refractivity contribution < 1.29 is 9.59 Å². The molecule has 0 bridgehead atoms. The van der Waals surface area contributed by atoms with Gasteiger partial charge in [-0.15, -0.1) is 11.3 Å². The summed E-state index contributed by atoms with van der Waals surface area (Å²) in [6.07, 6.45) is 8.88. The highest BCUT2D eigenvalue weighted by Gasteiger charge is 2.31. The van der Waals surface area contributed by atoms with Crippen LogP contribution in [0.1, 0.15) is 79.6 Å². The van der Waals surface area contributed by atoms with E-state index < -0.39 is 0 Å². The van der Waals surface area contributed by atoms with Crippen LogP contribution < -0.4 is 10.6 Å². The number of hydrogen-bond donors (Lipinski definition) is 2. The maximum atomic E-state index is 12.9. The first-order chi connectivity index (χ1) is 15.2. The van der Waals surface area contributed by atoms with Crippen LogP contribution in [-0.2, 0) is 4.79 Å². The molecule has 1 heterocycles. The first kappa shape index (κ1) is 26.3. The zero-order valence-electron chi connectivity index (χ0n) is 20.9. The summed E-state index contributed by atoms with van der Waals surface area (Å²) in [6.45, 7) is 8.42. The van der Waals surface area contributed by atoms with Gasteiger partial charge < -0.3 is 15.5 Å². The number of aldehydes is 1. The minimum Gasteiger partial charge on any atom is -0.392 e. The van der Waals surface area contributed by atoms with Gasteiger partial charge in [0, 0.05) is 41.2 Å². The predicted octanol–water partition coefficient (Wildman–Crippen LogP) is 5.04. The van der Waals surface area contributed by atoms with Gasteiger partial charge in [-0.3, -0.25) is 9.59 Å². The Morgan fingerprint density at radius 3 is 2.44 bits per heavy atom. The van der Waals surface area contributed by atoms with Gasteiger partial charge in [-0.05, 0) is 96.0 Å². The smallest absolute Gasteiger partial charge is 0.252 e. The monoisotopic (exact) mass is 459 g/mol. The molecule has 1 unspecified atom stereocenters. The highest BCUT2D eigenvalue weighted by atomic mass is 32.1. The molecular formula is C26H41N3O2S. The Hall–Kier alpha value is -1.92. The summed E-state index contributed by atoms with van der Waals surface area (Å²) in [7, 11) is 6.21. The SMILES string of the molecule is CCC(c1scc(C(=O)NC/C(C=O)=C(C)/C=C(/C)NC)c1C)C1CCC(N(C)C)CC1. The lowest BCUT2D eigenvalue weighted by molar-refractivity contribution is -0.105. The summed E-state index contributed by atoms with van der Waals surface area (Å²) in [5.41, 5.74) is 4.26. The molecule has 1 aromatic heterocycles. The molecule has 32 heavy (non-hydrogen) atoms. The molecule has 1 fully saturated rings. The lowest BCUT2D eigenvalue weighted by Gasteiger charge is -2.36. The van der Waals surface area contributed by atoms with Crippen molar-refractivity contribution in [2.45, 2.75) is 71.8 Å². The molecule has 1 saturated carbocycles. The van der Waals surface area contributed by atoms with E-state index in [0.717, 1.165) is 35.1 Å². The Morgan fingerprint density at radius 2 is 1.91 bits per heavy atom. The number of carbonyl (C=O) groups is 2. The first-order valence-electron chi connectivity index (χ1n) is 11.8. The van der Waals surface area contributed by atoms with E-state index >= 15 is 0 Å². The molecule has 0 spiro atoms. The molecule has 1 aliphatic rings. The van der Waals surface area contributed by atoms with Gasteiger partial charge >= 0.3 is 0 Å². The van der Waals surface area contributed by atoms with Gasteiger partial charge in [0.15, 0.2) is 0 Å². The molecule has 2 rings (SSSR count). The molecule has 1 aliphatic carbocycles. The number of amides is 1. The van der Waals surface area contributed by atoms with Crippen LogP contribution in [0.3, 0.4) is 0 Å². The molecule has 1 aromatic rings. The minimum atomic E-state index is -0.0994. The number of carbonyl (C=O) groups excluding carboxylic acids is 2. The first-order valence-corrected chi connectivity index (χ1v) is 12.6. The Labute approximate surface area is 198 Å². The molecular weight excluding hydrogens is 418 g/mol. The fourth-order valence-electron chi connectivity index (χ4n) is 4.81. The summed E-state index contributed by atoms with van der Waals surface area (Å²) in [6, 6.07) is 0.699. The number of hydrogen-bond acceptors (Lipinski definition) is 5. The third-order valence-corrected chi connectivity index (χ3v) is 8.27. The minimum absolute atomic E-state index is 0.0994. The zero-order chi connectivity index (χ0) is 23.8. The van der Waals surface area contributed by atoms with Crippen LogP contribution in [0, 0.1) is 12.8 Å². The normalized spacial score (nSPS) is 21.2. The van der Waals surface area contributed by atoms with E-state index in [0.29, 0.717) is 23.5 Å². The maximum absolute atomic E-state index is 12.9. The van der Waals surface area contributed by atoms with E-state index in [1.165, 1.54) is 30.6 Å². The summed E-state index contributed by atoms with van der Waals surface area (Å²) in [4.78, 5) is 28.2. The highest BCUT2D eigenvalue weighted by Crippen LogP contribution is 2.42. The van der Waals surface area contributed by atoms with E-state index in [4.69, 9.17) is 0 Å². The van der Waals surface area contributed by atoms with Crippen molar-refractivity contribution in [2.24, 2.45) is 5.92 Å². The van der Waals surface area contributed by atoms with E-state index in [-0.39, 0.29) is 12.5 Å². The van der Waals surface area contributed by atoms with Gasteiger partial charge in [0.05, 0.1) is 5.56 Å². The number of nitrogens with one attached hydrogen (secondary N) is 2. The second-order valence-electron chi connectivity index (χ2n) is 9.27. The topological polar surface area (TPSA) is 61.4 Å². The number of allylic oxidation sites excluding steroid dienone is 3. The fraction of sp³-hybridized carbons (Fsp3) is 0.615. The third-order valence-electron chi connectivity index (χ3n) is 7.05. The van der Waals surface area contributed by atoms with Crippen molar-refractivity contribution in [3.63, 3.8) is 0 Å². The van der Waals surface area contributed by atoms with Crippen molar-refractivity contribution in [2.75, 3.05) is 27.7 Å². The Kier molecular flexibility index (Phi) is 10.2. The average molecular weight is 460 g/mol. The standard InChI is InChI=1S/C26H41N3O2S/c1-8-23(20-9-11-22(12-10-20)29(6)7)25-19(4)24(16-32-25)26(31)28-14-21(15-30)17(2)13-18(3)27-5/h13,15-16,20,22-23,27H,8-12,14H2,1-7H3,(H,28,31)/b18-13-,21-17-. The van der Waals surface area contributed by atoms with Gasteiger partial charge in [0.1, 0.15) is 6.29 Å². The van der Waals surface area contributed by atoms with E-state index in [2.05, 4.69) is 43.5 Å². The average Bonchev–Trinajstić information content (AvgIpc) is 3.16. The van der Waals surface area contributed by atoms with Gasteiger partial charge in [-0.1, -0.05) is 6.92 Å². The van der Waals surface area contributed by atoms with Crippen LogP contribution >= 0.6 is 11.3 Å². The van der Waals surface area contributed by atoms with Gasteiger partial charge in [-0.2, -0.15) is 0 Å². The summed E-state index contributed by atoms with van der Waals surface area (Å²) in [5, 5.41) is 8.00. The van der Waals surface area contributed by atoms with Crippen LogP contribution in [0.4, 0.5) is 0 Å². The second-order valence-corrected chi connectivity index (χ2v) is 10.2. The maximum Gasteiger partial charge on any atom is 0.252 e. The van der Waals surface area contributed by atoms with Gasteiger partial charge in [0.25, 0.3) is 5.91 Å². The Morgan fingerprint density at radius 1 is 1.25 bits per heavy atom. The molecule has 6 heteroatoms. The van der Waals surface area contributed by atoms with Crippen LogP contribution in [-0.4, -0.2) is 50.8 Å². The number of rotatable bonds is 10. The van der Waals surface area contributed by atoms with Crippen LogP contribution in [0.25, 0.3) is 0 Å². The molecule has 0 aromatic carbocycles. The van der Waals surface area contributed by atoms with Crippen LogP contribution in [0.2, 0.25) is 0 Å². The van der Waals surface area contributed by atoms with Crippen LogP contribution in [0.5, 0.6) is 0 Å². The lowest BCUT2D eigenvalue weighted by atomic mass is 9.75. The fourth-order valence-corrected chi connectivity index (χ4v) is 6.16. The molecule has 0 saturated heterocycles. The van der Waals surface area contributed by atoms with Crippen molar-refractivity contribution in [1.82, 2.24) is 15.5 Å². The van der Waals surface area contributed by atoms with Crippen molar-refractivity contribution in [1.29, 1.82) is 0 Å². The quantitative estimate of drug-likeness (QED) is 0.292. The van der Waals surface area contributed by atoms with E-state index in [1.54, 1.807) is 11.3 Å².